The summed E-state index contributed by atoms with van der Waals surface area (Å²) in [6.45, 7) is 8.19. The first kappa shape index (κ1) is 10.2. The quantitative estimate of drug-likeness (QED) is 0.680. The fourth-order valence-corrected chi connectivity index (χ4v) is 2.20. The molecule has 0 amide bonds. The van der Waals surface area contributed by atoms with Gasteiger partial charge in [0.25, 0.3) is 0 Å². The van der Waals surface area contributed by atoms with Crippen molar-refractivity contribution in [3.05, 3.63) is 35.2 Å². The van der Waals surface area contributed by atoms with Crippen molar-refractivity contribution < 1.29 is 4.39 Å². The van der Waals surface area contributed by atoms with Gasteiger partial charge in [-0.25, -0.2) is 4.39 Å². The van der Waals surface area contributed by atoms with Gasteiger partial charge in [0.15, 0.2) is 0 Å². The summed E-state index contributed by atoms with van der Waals surface area (Å²) < 4.78 is 13.3. The Morgan fingerprint density at radius 2 is 1.87 bits per heavy atom. The molecule has 15 heavy (non-hydrogen) atoms. The van der Waals surface area contributed by atoms with Crippen molar-refractivity contribution in [2.45, 2.75) is 33.2 Å². The topological polar surface area (TPSA) is 12.0 Å². The lowest BCUT2D eigenvalue weighted by Gasteiger charge is -2.32. The minimum atomic E-state index is -0.166. The van der Waals surface area contributed by atoms with Crippen molar-refractivity contribution in [1.82, 2.24) is 0 Å². The molecule has 1 nitrogen and oxygen atoms in total. The van der Waals surface area contributed by atoms with Gasteiger partial charge in [0.05, 0.1) is 5.54 Å². The van der Waals surface area contributed by atoms with Gasteiger partial charge in [-0.2, -0.15) is 0 Å². The van der Waals surface area contributed by atoms with Crippen LogP contribution in [0.1, 0.15) is 31.9 Å². The molecule has 1 N–H and O–H groups in total. The number of halogens is 1. The van der Waals surface area contributed by atoms with Crippen molar-refractivity contribution >= 4 is 11.3 Å². The Hall–Kier alpha value is -1.31. The number of allylic oxidation sites excluding steroid dienone is 1. The molecule has 1 heterocycles. The van der Waals surface area contributed by atoms with Crippen molar-refractivity contribution in [3.63, 3.8) is 0 Å². The number of hydrogen-bond acceptors (Lipinski definition) is 1. The molecule has 2 heteroatoms. The second-order valence-corrected chi connectivity index (χ2v) is 4.82. The van der Waals surface area contributed by atoms with E-state index in [0.717, 1.165) is 22.4 Å². The van der Waals surface area contributed by atoms with Crippen LogP contribution in [0.5, 0.6) is 0 Å². The molecule has 0 aromatic heterocycles. The number of anilines is 1. The van der Waals surface area contributed by atoms with E-state index in [0.29, 0.717) is 0 Å². The van der Waals surface area contributed by atoms with Crippen molar-refractivity contribution in [3.8, 4) is 0 Å². The Morgan fingerprint density at radius 3 is 2.53 bits per heavy atom. The van der Waals surface area contributed by atoms with Crippen LogP contribution in [0.15, 0.2) is 18.2 Å². The molecule has 0 saturated heterocycles. The standard InChI is InChI=1S/C13H16FN/c1-8-5-10(14)6-11-9(2)7-13(3,4)15-12(8)11/h5-7,15H,1-4H3. The minimum Gasteiger partial charge on any atom is -0.376 e. The highest BCUT2D eigenvalue weighted by Crippen LogP contribution is 2.36. The van der Waals surface area contributed by atoms with Crippen LogP contribution in [0.3, 0.4) is 0 Å². The zero-order chi connectivity index (χ0) is 11.2. The summed E-state index contributed by atoms with van der Waals surface area (Å²) in [6, 6.07) is 3.16. The summed E-state index contributed by atoms with van der Waals surface area (Å²) in [5, 5.41) is 3.42. The normalized spacial score (nSPS) is 17.8. The lowest BCUT2D eigenvalue weighted by atomic mass is 9.90. The van der Waals surface area contributed by atoms with Crippen molar-refractivity contribution in [1.29, 1.82) is 0 Å². The number of rotatable bonds is 0. The highest BCUT2D eigenvalue weighted by Gasteiger charge is 2.23. The number of aryl methyl sites for hydroxylation is 1. The Bertz CT molecular complexity index is 444. The van der Waals surface area contributed by atoms with E-state index in [1.54, 1.807) is 12.1 Å². The van der Waals surface area contributed by atoms with E-state index in [1.165, 1.54) is 0 Å². The van der Waals surface area contributed by atoms with E-state index in [9.17, 15) is 4.39 Å². The van der Waals surface area contributed by atoms with Gasteiger partial charge >= 0.3 is 0 Å². The van der Waals surface area contributed by atoms with Crippen molar-refractivity contribution in [2.24, 2.45) is 0 Å². The number of fused-ring (bicyclic) bond motifs is 1. The molecular formula is C13H16FN. The maximum atomic E-state index is 13.3. The SMILES string of the molecule is CC1=CC(C)(C)Nc2c(C)cc(F)cc21. The zero-order valence-electron chi connectivity index (χ0n) is 9.61. The molecule has 0 saturated carbocycles. The smallest absolute Gasteiger partial charge is 0.124 e. The van der Waals surface area contributed by atoms with E-state index >= 15 is 0 Å². The third-order valence-electron chi connectivity index (χ3n) is 2.75. The lowest BCUT2D eigenvalue weighted by Crippen LogP contribution is -2.32. The summed E-state index contributed by atoms with van der Waals surface area (Å²) in [5.74, 6) is -0.166. The molecule has 0 unspecified atom stereocenters. The van der Waals surface area contributed by atoms with Crippen LogP contribution in [0.2, 0.25) is 0 Å². The average Bonchev–Trinajstić information content (AvgIpc) is 2.06. The van der Waals surface area contributed by atoms with Gasteiger partial charge in [0, 0.05) is 11.3 Å². The third kappa shape index (κ3) is 1.76. The molecule has 1 aliphatic rings. The van der Waals surface area contributed by atoms with Crippen LogP contribution >= 0.6 is 0 Å². The molecule has 2 rings (SSSR count). The number of nitrogens with one attached hydrogen (secondary N) is 1. The van der Waals surface area contributed by atoms with Gasteiger partial charge in [-0.15, -0.1) is 0 Å². The molecule has 1 aromatic rings. The molecule has 0 radical (unpaired) electrons. The first-order valence-corrected chi connectivity index (χ1v) is 5.17. The second kappa shape index (κ2) is 3.09. The summed E-state index contributed by atoms with van der Waals surface area (Å²) in [4.78, 5) is 0. The van der Waals surface area contributed by atoms with Crippen LogP contribution in [0, 0.1) is 12.7 Å². The molecule has 0 atom stereocenters. The summed E-state index contributed by atoms with van der Waals surface area (Å²) >= 11 is 0. The molecule has 0 fully saturated rings. The molecular weight excluding hydrogens is 189 g/mol. The number of hydrogen-bond donors (Lipinski definition) is 1. The van der Waals surface area contributed by atoms with Gasteiger partial charge in [0.1, 0.15) is 5.82 Å². The van der Waals surface area contributed by atoms with Gasteiger partial charge in [-0.1, -0.05) is 6.08 Å². The fourth-order valence-electron chi connectivity index (χ4n) is 2.20. The third-order valence-corrected chi connectivity index (χ3v) is 2.75. The van der Waals surface area contributed by atoms with Gasteiger partial charge < -0.3 is 5.32 Å². The van der Waals surface area contributed by atoms with Gasteiger partial charge in [0.2, 0.25) is 0 Å². The zero-order valence-corrected chi connectivity index (χ0v) is 9.61. The van der Waals surface area contributed by atoms with Gasteiger partial charge in [-0.3, -0.25) is 0 Å². The van der Waals surface area contributed by atoms with Crippen LogP contribution in [0.25, 0.3) is 5.57 Å². The summed E-state index contributed by atoms with van der Waals surface area (Å²) in [5.41, 5.74) is 4.08. The summed E-state index contributed by atoms with van der Waals surface area (Å²) in [6.07, 6.45) is 2.13. The highest BCUT2D eigenvalue weighted by molar-refractivity contribution is 5.81. The van der Waals surface area contributed by atoms with Crippen LogP contribution in [-0.4, -0.2) is 5.54 Å². The average molecular weight is 205 g/mol. The predicted octanol–water partition coefficient (Wildman–Crippen LogP) is 3.74. The Morgan fingerprint density at radius 1 is 1.20 bits per heavy atom. The van der Waals surface area contributed by atoms with Crippen LogP contribution in [0.4, 0.5) is 10.1 Å². The Kier molecular flexibility index (Phi) is 2.10. The molecule has 0 spiro atoms. The predicted molar refractivity (Wildman–Crippen MR) is 62.5 cm³/mol. The van der Waals surface area contributed by atoms with E-state index in [4.69, 9.17) is 0 Å². The highest BCUT2D eigenvalue weighted by atomic mass is 19.1. The van der Waals surface area contributed by atoms with Crippen LogP contribution in [-0.2, 0) is 0 Å². The van der Waals surface area contributed by atoms with Crippen LogP contribution < -0.4 is 5.32 Å². The Labute approximate surface area is 90.0 Å². The monoisotopic (exact) mass is 205 g/mol. The molecule has 1 aromatic carbocycles. The first-order chi connectivity index (χ1) is 6.89. The first-order valence-electron chi connectivity index (χ1n) is 5.17. The maximum Gasteiger partial charge on any atom is 0.124 e. The minimum absolute atomic E-state index is 0.0559. The second-order valence-electron chi connectivity index (χ2n) is 4.82. The van der Waals surface area contributed by atoms with Crippen molar-refractivity contribution in [2.75, 3.05) is 5.32 Å². The molecule has 80 valence electrons. The lowest BCUT2D eigenvalue weighted by molar-refractivity contribution is 0.624. The number of benzene rings is 1. The fraction of sp³-hybridized carbons (Fsp3) is 0.385. The molecule has 1 aliphatic heterocycles. The van der Waals surface area contributed by atoms with Gasteiger partial charge in [-0.05, 0) is 51.0 Å². The molecule has 0 aliphatic carbocycles. The van der Waals surface area contributed by atoms with E-state index in [-0.39, 0.29) is 11.4 Å². The summed E-state index contributed by atoms with van der Waals surface area (Å²) in [7, 11) is 0. The van der Waals surface area contributed by atoms with E-state index in [2.05, 4.69) is 25.2 Å². The van der Waals surface area contributed by atoms with E-state index in [1.807, 2.05) is 13.8 Å². The maximum absolute atomic E-state index is 13.3. The largest absolute Gasteiger partial charge is 0.376 e. The van der Waals surface area contributed by atoms with E-state index < -0.39 is 0 Å². The Balaban J connectivity index is 2.65. The molecule has 0 bridgehead atoms.